The molecule has 3 atom stereocenters. The second kappa shape index (κ2) is 6.76. The van der Waals surface area contributed by atoms with Crippen molar-refractivity contribution in [3.05, 3.63) is 29.8 Å². The molecular weight excluding hydrogens is 373 g/mol. The Morgan fingerprint density at radius 2 is 1.89 bits per heavy atom. The number of aliphatic hydroxyl groups is 1. The van der Waals surface area contributed by atoms with E-state index in [2.05, 4.69) is 5.10 Å². The van der Waals surface area contributed by atoms with Gasteiger partial charge in [0.1, 0.15) is 5.75 Å². The lowest BCUT2D eigenvalue weighted by molar-refractivity contribution is -0.314. The Kier molecular flexibility index (Phi) is 4.98. The van der Waals surface area contributed by atoms with E-state index in [0.29, 0.717) is 12.8 Å². The SMILES string of the molecule is CCC(C)(C)[C@@H]1CCC2=NN(C(=O)c3ccc(O)cc3)[C@](O)(C(F)(F)F)[C@H]2C1. The van der Waals surface area contributed by atoms with Gasteiger partial charge in [0.05, 0.1) is 5.92 Å². The first-order chi connectivity index (χ1) is 12.9. The number of phenols is 1. The van der Waals surface area contributed by atoms with Crippen LogP contribution in [0.3, 0.4) is 0 Å². The first kappa shape index (κ1) is 20.6. The molecule has 1 fully saturated rings. The van der Waals surface area contributed by atoms with Crippen molar-refractivity contribution in [1.29, 1.82) is 0 Å². The molecule has 0 saturated heterocycles. The number of carbonyl (C=O) groups excluding carboxylic acids is 1. The van der Waals surface area contributed by atoms with Crippen molar-refractivity contribution in [2.45, 2.75) is 58.4 Å². The number of rotatable bonds is 3. The highest BCUT2D eigenvalue weighted by Crippen LogP contribution is 2.52. The summed E-state index contributed by atoms with van der Waals surface area (Å²) < 4.78 is 42.2. The van der Waals surface area contributed by atoms with E-state index in [-0.39, 0.29) is 39.8 Å². The molecule has 8 heteroatoms. The van der Waals surface area contributed by atoms with Gasteiger partial charge in [-0.15, -0.1) is 0 Å². The number of hydrogen-bond donors (Lipinski definition) is 2. The molecule has 0 bridgehead atoms. The van der Waals surface area contributed by atoms with Crippen LogP contribution >= 0.6 is 0 Å². The molecule has 1 heterocycles. The number of hydrogen-bond acceptors (Lipinski definition) is 4. The van der Waals surface area contributed by atoms with Crippen molar-refractivity contribution in [3.8, 4) is 5.75 Å². The van der Waals surface area contributed by atoms with Crippen LogP contribution in [0.1, 0.15) is 56.8 Å². The average molecular weight is 398 g/mol. The summed E-state index contributed by atoms with van der Waals surface area (Å²) in [6.45, 7) is 6.02. The van der Waals surface area contributed by atoms with Crippen LogP contribution in [0.15, 0.2) is 29.4 Å². The Morgan fingerprint density at radius 3 is 2.43 bits per heavy atom. The summed E-state index contributed by atoms with van der Waals surface area (Å²) in [6, 6.07) is 4.82. The van der Waals surface area contributed by atoms with Crippen molar-refractivity contribution in [1.82, 2.24) is 5.01 Å². The summed E-state index contributed by atoms with van der Waals surface area (Å²) >= 11 is 0. The molecule has 1 saturated carbocycles. The quantitative estimate of drug-likeness (QED) is 0.797. The number of halogens is 3. The highest BCUT2D eigenvalue weighted by Gasteiger charge is 2.69. The molecule has 5 nitrogen and oxygen atoms in total. The van der Waals surface area contributed by atoms with Gasteiger partial charge < -0.3 is 10.2 Å². The maximum atomic E-state index is 14.1. The standard InChI is InChI=1S/C20H25F3N2O3/c1-4-18(2,3)13-7-10-16-15(11-13)19(28,20(21,22)23)25(24-16)17(27)12-5-8-14(26)9-6-12/h5-6,8-9,13,15,26,28H,4,7,10-11H2,1-3H3/t13-,15+,19-/m1/s1. The topological polar surface area (TPSA) is 73.1 Å². The Morgan fingerprint density at radius 1 is 1.29 bits per heavy atom. The maximum absolute atomic E-state index is 14.1. The van der Waals surface area contributed by atoms with Gasteiger partial charge >= 0.3 is 6.18 Å². The van der Waals surface area contributed by atoms with Crippen LogP contribution in [0.5, 0.6) is 5.75 Å². The van der Waals surface area contributed by atoms with E-state index in [0.717, 1.165) is 6.42 Å². The van der Waals surface area contributed by atoms with Gasteiger partial charge in [0.25, 0.3) is 11.6 Å². The lowest BCUT2D eigenvalue weighted by Crippen LogP contribution is -2.62. The van der Waals surface area contributed by atoms with E-state index in [4.69, 9.17) is 0 Å². The zero-order chi connectivity index (χ0) is 20.9. The lowest BCUT2D eigenvalue weighted by atomic mass is 9.64. The minimum atomic E-state index is -5.06. The summed E-state index contributed by atoms with van der Waals surface area (Å²) in [5.41, 5.74) is -3.42. The lowest BCUT2D eigenvalue weighted by Gasteiger charge is -2.43. The summed E-state index contributed by atoms with van der Waals surface area (Å²) in [7, 11) is 0. The Balaban J connectivity index is 2.00. The molecule has 3 rings (SSSR count). The van der Waals surface area contributed by atoms with E-state index in [1.807, 2.05) is 20.8 Å². The number of carbonyl (C=O) groups is 1. The van der Waals surface area contributed by atoms with E-state index in [1.54, 1.807) is 0 Å². The Hall–Kier alpha value is -2.09. The maximum Gasteiger partial charge on any atom is 0.439 e. The van der Waals surface area contributed by atoms with Crippen LogP contribution in [0.25, 0.3) is 0 Å². The molecule has 1 amide bonds. The second-order valence-electron chi connectivity index (χ2n) is 8.35. The molecule has 1 aliphatic heterocycles. The van der Waals surface area contributed by atoms with Crippen LogP contribution in [0.4, 0.5) is 13.2 Å². The van der Waals surface area contributed by atoms with Crippen molar-refractivity contribution < 1.29 is 28.2 Å². The predicted molar refractivity (Wildman–Crippen MR) is 97.6 cm³/mol. The van der Waals surface area contributed by atoms with E-state index in [1.165, 1.54) is 24.3 Å². The molecule has 28 heavy (non-hydrogen) atoms. The van der Waals surface area contributed by atoms with Gasteiger partial charge in [-0.3, -0.25) is 4.79 Å². The number of alkyl halides is 3. The summed E-state index contributed by atoms with van der Waals surface area (Å²) in [6.07, 6.45) is -3.15. The molecule has 0 spiro atoms. The molecule has 1 aromatic rings. The van der Waals surface area contributed by atoms with Gasteiger partial charge in [0.2, 0.25) is 0 Å². The van der Waals surface area contributed by atoms with Gasteiger partial charge in [0.15, 0.2) is 0 Å². The third-order valence-electron chi connectivity index (χ3n) is 6.45. The molecule has 0 aromatic heterocycles. The van der Waals surface area contributed by atoms with Gasteiger partial charge in [-0.05, 0) is 54.9 Å². The first-order valence-corrected chi connectivity index (χ1v) is 9.42. The van der Waals surface area contributed by atoms with Crippen molar-refractivity contribution in [3.63, 3.8) is 0 Å². The van der Waals surface area contributed by atoms with E-state index in [9.17, 15) is 28.2 Å². The summed E-state index contributed by atoms with van der Waals surface area (Å²) in [4.78, 5) is 12.8. The molecule has 2 N–H and O–H groups in total. The molecule has 1 aromatic carbocycles. The van der Waals surface area contributed by atoms with Crippen molar-refractivity contribution in [2.24, 2.45) is 22.4 Å². The molecule has 0 unspecified atom stereocenters. The molecule has 154 valence electrons. The molecule has 1 aliphatic carbocycles. The largest absolute Gasteiger partial charge is 0.508 e. The van der Waals surface area contributed by atoms with Crippen molar-refractivity contribution in [2.75, 3.05) is 0 Å². The number of amides is 1. The third kappa shape index (κ3) is 3.17. The van der Waals surface area contributed by atoms with Crippen LogP contribution in [-0.2, 0) is 0 Å². The zero-order valence-electron chi connectivity index (χ0n) is 16.1. The number of nitrogens with zero attached hydrogens (tertiary/aromatic N) is 2. The first-order valence-electron chi connectivity index (χ1n) is 9.42. The highest BCUT2D eigenvalue weighted by atomic mass is 19.4. The monoisotopic (exact) mass is 398 g/mol. The van der Waals surface area contributed by atoms with E-state index >= 15 is 0 Å². The Labute approximate surface area is 161 Å². The second-order valence-corrected chi connectivity index (χ2v) is 8.35. The number of fused-ring (bicyclic) bond motifs is 1. The number of aromatic hydroxyl groups is 1. The highest BCUT2D eigenvalue weighted by molar-refractivity contribution is 5.99. The van der Waals surface area contributed by atoms with Gasteiger partial charge in [0, 0.05) is 11.3 Å². The fraction of sp³-hybridized carbons (Fsp3) is 0.600. The molecule has 2 aliphatic rings. The normalized spacial score (nSPS) is 28.1. The fourth-order valence-electron chi connectivity index (χ4n) is 4.15. The van der Waals surface area contributed by atoms with E-state index < -0.39 is 23.7 Å². The minimum absolute atomic E-state index is 0.0148. The van der Waals surface area contributed by atoms with Gasteiger partial charge in [-0.2, -0.15) is 23.3 Å². The number of phenolic OH excluding ortho intramolecular Hbond substituents is 1. The van der Waals surface area contributed by atoms with Gasteiger partial charge in [-0.25, -0.2) is 0 Å². The third-order valence-corrected chi connectivity index (χ3v) is 6.45. The van der Waals surface area contributed by atoms with Crippen LogP contribution in [0, 0.1) is 17.3 Å². The smallest absolute Gasteiger partial charge is 0.439 e. The van der Waals surface area contributed by atoms with Crippen LogP contribution in [0.2, 0.25) is 0 Å². The molecule has 0 radical (unpaired) electrons. The minimum Gasteiger partial charge on any atom is -0.508 e. The Bertz CT molecular complexity index is 789. The predicted octanol–water partition coefficient (Wildman–Crippen LogP) is 4.31. The summed E-state index contributed by atoms with van der Waals surface area (Å²) in [5, 5.41) is 24.3. The molecular formula is C20H25F3N2O3. The van der Waals surface area contributed by atoms with Crippen LogP contribution in [-0.4, -0.2) is 38.7 Å². The van der Waals surface area contributed by atoms with Crippen LogP contribution < -0.4 is 0 Å². The zero-order valence-corrected chi connectivity index (χ0v) is 16.1. The van der Waals surface area contributed by atoms with Gasteiger partial charge in [-0.1, -0.05) is 27.2 Å². The average Bonchev–Trinajstić information content (AvgIpc) is 2.95. The number of hydrazone groups is 1. The fourth-order valence-corrected chi connectivity index (χ4v) is 4.15. The van der Waals surface area contributed by atoms with Crippen molar-refractivity contribution >= 4 is 11.6 Å². The number of benzene rings is 1. The summed E-state index contributed by atoms with van der Waals surface area (Å²) in [5.74, 6) is -2.46.